The van der Waals surface area contributed by atoms with Crippen molar-refractivity contribution in [1.29, 1.82) is 0 Å². The maximum atomic E-state index is 12.3. The number of aromatic nitrogens is 1. The topological polar surface area (TPSA) is 50.3 Å². The molecule has 6 heteroatoms. The van der Waals surface area contributed by atoms with Crippen LogP contribution in [0.4, 0.5) is 0 Å². The van der Waals surface area contributed by atoms with Crippen molar-refractivity contribution < 1.29 is 9.59 Å². The summed E-state index contributed by atoms with van der Waals surface area (Å²) in [7, 11) is 0. The maximum Gasteiger partial charge on any atom is 0.233 e. The smallest absolute Gasteiger partial charge is 0.233 e. The average Bonchev–Trinajstić information content (AvgIpc) is 3.04. The van der Waals surface area contributed by atoms with Gasteiger partial charge in [0, 0.05) is 11.1 Å². The normalized spacial score (nSPS) is 30.2. The molecule has 2 aliphatic rings. The fourth-order valence-electron chi connectivity index (χ4n) is 3.20. The van der Waals surface area contributed by atoms with Crippen LogP contribution in [0.2, 0.25) is 4.47 Å². The van der Waals surface area contributed by atoms with E-state index >= 15 is 0 Å². The molecule has 0 N–H and O–H groups in total. The first-order chi connectivity index (χ1) is 9.10. The fourth-order valence-corrected chi connectivity index (χ4v) is 4.17. The van der Waals surface area contributed by atoms with Crippen LogP contribution in [0.1, 0.15) is 31.1 Å². The minimum atomic E-state index is -0.0826. The summed E-state index contributed by atoms with van der Waals surface area (Å²) in [6, 6.07) is 0. The molecule has 4 nitrogen and oxygen atoms in total. The van der Waals surface area contributed by atoms with Crippen LogP contribution in [0.15, 0.2) is 6.20 Å². The Morgan fingerprint density at radius 1 is 1.37 bits per heavy atom. The van der Waals surface area contributed by atoms with E-state index in [-0.39, 0.29) is 23.7 Å². The zero-order valence-electron chi connectivity index (χ0n) is 10.6. The number of carbonyl (C=O) groups excluding carboxylic acids is 2. The molecule has 3 rings (SSSR count). The second kappa shape index (κ2) is 4.87. The van der Waals surface area contributed by atoms with Gasteiger partial charge in [0.15, 0.2) is 4.47 Å². The zero-order valence-corrected chi connectivity index (χ0v) is 12.2. The summed E-state index contributed by atoms with van der Waals surface area (Å²) in [6.45, 7) is 2.45. The lowest BCUT2D eigenvalue weighted by Crippen LogP contribution is -2.31. The second-order valence-corrected chi connectivity index (χ2v) is 7.00. The number of rotatable bonds is 3. The highest BCUT2D eigenvalue weighted by Crippen LogP contribution is 2.44. The lowest BCUT2D eigenvalue weighted by Gasteiger charge is -2.16. The zero-order chi connectivity index (χ0) is 13.6. The Morgan fingerprint density at radius 2 is 2.00 bits per heavy atom. The van der Waals surface area contributed by atoms with Crippen LogP contribution in [-0.4, -0.2) is 21.7 Å². The van der Waals surface area contributed by atoms with Crippen molar-refractivity contribution in [2.24, 2.45) is 17.8 Å². The highest BCUT2D eigenvalue weighted by Gasteiger charge is 2.52. The third-order valence-electron chi connectivity index (χ3n) is 4.24. The number of amides is 2. The molecule has 1 saturated carbocycles. The van der Waals surface area contributed by atoms with E-state index in [4.69, 9.17) is 11.6 Å². The molecule has 0 bridgehead atoms. The van der Waals surface area contributed by atoms with E-state index in [9.17, 15) is 9.59 Å². The number of imide groups is 1. The summed E-state index contributed by atoms with van der Waals surface area (Å²) in [6.07, 6.45) is 4.42. The first-order valence-electron chi connectivity index (χ1n) is 6.55. The van der Waals surface area contributed by atoms with E-state index in [1.165, 1.54) is 16.2 Å². The maximum absolute atomic E-state index is 12.3. The van der Waals surface area contributed by atoms with Crippen molar-refractivity contribution in [2.75, 3.05) is 0 Å². The van der Waals surface area contributed by atoms with E-state index in [0.29, 0.717) is 16.9 Å². The van der Waals surface area contributed by atoms with Gasteiger partial charge in [0.25, 0.3) is 0 Å². The predicted octanol–water partition coefficient (Wildman–Crippen LogP) is 2.72. The van der Waals surface area contributed by atoms with Crippen molar-refractivity contribution in [1.82, 2.24) is 9.88 Å². The molecular formula is C13H15ClN2O2S. The molecular weight excluding hydrogens is 284 g/mol. The van der Waals surface area contributed by atoms with E-state index in [0.717, 1.165) is 24.1 Å². The van der Waals surface area contributed by atoms with Gasteiger partial charge in [0.05, 0.1) is 18.4 Å². The number of fused-ring (bicyclic) bond motifs is 1. The van der Waals surface area contributed by atoms with Crippen LogP contribution in [0.3, 0.4) is 0 Å². The summed E-state index contributed by atoms with van der Waals surface area (Å²) in [4.78, 5) is 30.8. The van der Waals surface area contributed by atoms with Gasteiger partial charge in [-0.25, -0.2) is 4.98 Å². The molecule has 1 aliphatic carbocycles. The largest absolute Gasteiger partial charge is 0.277 e. The molecule has 0 spiro atoms. The molecule has 0 radical (unpaired) electrons. The van der Waals surface area contributed by atoms with E-state index in [2.05, 4.69) is 11.9 Å². The van der Waals surface area contributed by atoms with E-state index in [1.54, 1.807) is 6.20 Å². The van der Waals surface area contributed by atoms with Crippen LogP contribution in [-0.2, 0) is 16.1 Å². The number of likely N-dealkylation sites (tertiary alicyclic amines) is 1. The Labute approximate surface area is 120 Å². The number of thiazole rings is 1. The number of hydrogen-bond donors (Lipinski definition) is 0. The average molecular weight is 299 g/mol. The lowest BCUT2D eigenvalue weighted by atomic mass is 10.00. The highest BCUT2D eigenvalue weighted by atomic mass is 35.5. The molecule has 2 amide bonds. The fraction of sp³-hybridized carbons (Fsp3) is 0.615. The third-order valence-corrected chi connectivity index (χ3v) is 5.34. The van der Waals surface area contributed by atoms with Crippen molar-refractivity contribution in [3.05, 3.63) is 15.5 Å². The van der Waals surface area contributed by atoms with Gasteiger partial charge in [0.1, 0.15) is 0 Å². The minimum Gasteiger partial charge on any atom is -0.277 e. The Bertz CT molecular complexity index is 506. The van der Waals surface area contributed by atoms with Crippen LogP contribution >= 0.6 is 22.9 Å². The Balaban J connectivity index is 1.75. The Hall–Kier alpha value is -0.940. The van der Waals surface area contributed by atoms with Gasteiger partial charge < -0.3 is 0 Å². The quantitative estimate of drug-likeness (QED) is 0.806. The number of hydrogen-bond acceptors (Lipinski definition) is 4. The monoisotopic (exact) mass is 298 g/mol. The van der Waals surface area contributed by atoms with Crippen molar-refractivity contribution in [3.63, 3.8) is 0 Å². The van der Waals surface area contributed by atoms with Crippen molar-refractivity contribution in [2.45, 2.75) is 32.7 Å². The number of carbonyl (C=O) groups is 2. The second-order valence-electron chi connectivity index (χ2n) is 5.30. The molecule has 19 heavy (non-hydrogen) atoms. The number of nitrogens with zero attached hydrogens (tertiary/aromatic N) is 2. The predicted molar refractivity (Wildman–Crippen MR) is 72.7 cm³/mol. The van der Waals surface area contributed by atoms with Crippen LogP contribution < -0.4 is 0 Å². The first kappa shape index (κ1) is 13.1. The van der Waals surface area contributed by atoms with Gasteiger partial charge in [0.2, 0.25) is 11.8 Å². The molecule has 2 atom stereocenters. The highest BCUT2D eigenvalue weighted by molar-refractivity contribution is 7.15. The van der Waals surface area contributed by atoms with E-state index < -0.39 is 0 Å². The third kappa shape index (κ3) is 2.19. The summed E-state index contributed by atoms with van der Waals surface area (Å²) in [5, 5.41) is 0. The summed E-state index contributed by atoms with van der Waals surface area (Å²) in [5.74, 6) is 0.357. The first-order valence-corrected chi connectivity index (χ1v) is 7.75. The standard InChI is InChI=1S/C13H15ClN2O2S/c1-2-7-3-9-10(4-7)12(18)16(11(9)17)6-8-5-15-13(14)19-8/h5,7,9-10H,2-4,6H2,1H3. The summed E-state index contributed by atoms with van der Waals surface area (Å²) < 4.78 is 0.445. The van der Waals surface area contributed by atoms with Crippen molar-refractivity contribution in [3.8, 4) is 0 Å². The van der Waals surface area contributed by atoms with Crippen molar-refractivity contribution >= 4 is 34.8 Å². The molecule has 0 aromatic carbocycles. The summed E-state index contributed by atoms with van der Waals surface area (Å²) >= 11 is 7.09. The van der Waals surface area contributed by atoms with Crippen LogP contribution in [0, 0.1) is 17.8 Å². The van der Waals surface area contributed by atoms with Gasteiger partial charge in [-0.05, 0) is 18.8 Å². The lowest BCUT2D eigenvalue weighted by molar-refractivity contribution is -0.141. The molecule has 1 aliphatic heterocycles. The van der Waals surface area contributed by atoms with Gasteiger partial charge >= 0.3 is 0 Å². The molecule has 102 valence electrons. The van der Waals surface area contributed by atoms with Crippen LogP contribution in [0.25, 0.3) is 0 Å². The molecule has 1 aromatic rings. The molecule has 2 unspecified atom stereocenters. The van der Waals surface area contributed by atoms with Gasteiger partial charge in [-0.1, -0.05) is 24.9 Å². The molecule has 2 heterocycles. The SMILES string of the molecule is CCC1CC2C(=O)N(Cc3cnc(Cl)s3)C(=O)C2C1. The van der Waals surface area contributed by atoms with Gasteiger partial charge in [-0.15, -0.1) is 11.3 Å². The number of halogens is 1. The Morgan fingerprint density at radius 3 is 2.47 bits per heavy atom. The van der Waals surface area contributed by atoms with Gasteiger partial charge in [-0.2, -0.15) is 0 Å². The van der Waals surface area contributed by atoms with Crippen LogP contribution in [0.5, 0.6) is 0 Å². The minimum absolute atomic E-state index is 0.00419. The summed E-state index contributed by atoms with van der Waals surface area (Å²) in [5.41, 5.74) is 0. The van der Waals surface area contributed by atoms with E-state index in [1.807, 2.05) is 0 Å². The molecule has 2 fully saturated rings. The Kier molecular flexibility index (Phi) is 3.35. The van der Waals surface area contributed by atoms with Gasteiger partial charge in [-0.3, -0.25) is 14.5 Å². The molecule has 1 aromatic heterocycles. The molecule has 1 saturated heterocycles.